The predicted octanol–water partition coefficient (Wildman–Crippen LogP) is 6.12. The number of rotatable bonds is 6. The zero-order valence-corrected chi connectivity index (χ0v) is 14.0. The number of hydrogen-bond acceptors (Lipinski definition) is 1. The van der Waals surface area contributed by atoms with Crippen molar-refractivity contribution in [3.05, 3.63) is 114 Å². The summed E-state index contributed by atoms with van der Waals surface area (Å²) in [7, 11) is 0. The zero-order valence-electron chi connectivity index (χ0n) is 14.0. The maximum absolute atomic E-state index is 4.10. The van der Waals surface area contributed by atoms with Gasteiger partial charge in [-0.2, -0.15) is 0 Å². The van der Waals surface area contributed by atoms with E-state index in [1.165, 1.54) is 16.7 Å². The van der Waals surface area contributed by atoms with Crippen LogP contribution < -0.4 is 5.32 Å². The van der Waals surface area contributed by atoms with Gasteiger partial charge in [0.05, 0.1) is 6.04 Å². The molecule has 0 saturated carbocycles. The molecule has 1 heteroatoms. The lowest BCUT2D eigenvalue weighted by atomic mass is 9.87. The monoisotopic (exact) mass is 313 g/mol. The van der Waals surface area contributed by atoms with Crippen LogP contribution in [0.1, 0.15) is 28.7 Å². The number of hydrogen-bond donors (Lipinski definition) is 1. The van der Waals surface area contributed by atoms with Gasteiger partial charge in [0.15, 0.2) is 0 Å². The SMILES string of the molecule is C=C[C@H](c1ccccc1)[C@H](Nc1ccc(C)cc1)c1ccccc1. The first-order valence-electron chi connectivity index (χ1n) is 8.33. The highest BCUT2D eigenvalue weighted by molar-refractivity contribution is 5.48. The summed E-state index contributed by atoms with van der Waals surface area (Å²) in [6.07, 6.45) is 2.04. The van der Waals surface area contributed by atoms with Gasteiger partial charge in [0, 0.05) is 11.6 Å². The van der Waals surface area contributed by atoms with Gasteiger partial charge in [-0.25, -0.2) is 0 Å². The smallest absolute Gasteiger partial charge is 0.0616 e. The zero-order chi connectivity index (χ0) is 16.8. The van der Waals surface area contributed by atoms with Crippen molar-refractivity contribution in [3.63, 3.8) is 0 Å². The van der Waals surface area contributed by atoms with E-state index in [0.29, 0.717) is 0 Å². The van der Waals surface area contributed by atoms with Crippen LogP contribution >= 0.6 is 0 Å². The second-order valence-corrected chi connectivity index (χ2v) is 6.07. The lowest BCUT2D eigenvalue weighted by molar-refractivity contribution is 0.692. The topological polar surface area (TPSA) is 12.0 Å². The van der Waals surface area contributed by atoms with Gasteiger partial charge < -0.3 is 5.32 Å². The third-order valence-corrected chi connectivity index (χ3v) is 4.33. The summed E-state index contributed by atoms with van der Waals surface area (Å²) < 4.78 is 0. The first-order chi connectivity index (χ1) is 11.8. The van der Waals surface area contributed by atoms with Crippen LogP contribution in [0, 0.1) is 6.92 Å². The predicted molar refractivity (Wildman–Crippen MR) is 103 cm³/mol. The Hall–Kier alpha value is -2.80. The van der Waals surface area contributed by atoms with E-state index in [0.717, 1.165) is 5.69 Å². The van der Waals surface area contributed by atoms with Crippen molar-refractivity contribution in [2.24, 2.45) is 0 Å². The maximum atomic E-state index is 4.10. The van der Waals surface area contributed by atoms with E-state index < -0.39 is 0 Å². The van der Waals surface area contributed by atoms with E-state index in [1.807, 2.05) is 6.08 Å². The summed E-state index contributed by atoms with van der Waals surface area (Å²) in [6.45, 7) is 6.21. The van der Waals surface area contributed by atoms with Gasteiger partial charge in [-0.05, 0) is 30.2 Å². The van der Waals surface area contributed by atoms with Crippen LogP contribution in [0.3, 0.4) is 0 Å². The van der Waals surface area contributed by atoms with Crippen molar-refractivity contribution in [1.82, 2.24) is 0 Å². The summed E-state index contributed by atoms with van der Waals surface area (Å²) >= 11 is 0. The van der Waals surface area contributed by atoms with Crippen molar-refractivity contribution >= 4 is 5.69 Å². The number of benzene rings is 3. The summed E-state index contributed by atoms with van der Waals surface area (Å²) in [5.41, 5.74) is 4.91. The molecule has 0 radical (unpaired) electrons. The van der Waals surface area contributed by atoms with E-state index in [1.54, 1.807) is 0 Å². The molecule has 0 spiro atoms. The molecule has 0 aliphatic carbocycles. The molecule has 2 atom stereocenters. The molecule has 120 valence electrons. The van der Waals surface area contributed by atoms with E-state index >= 15 is 0 Å². The fourth-order valence-corrected chi connectivity index (χ4v) is 3.01. The minimum absolute atomic E-state index is 0.133. The number of aryl methyl sites for hydroxylation is 1. The number of anilines is 1. The molecule has 0 bridgehead atoms. The van der Waals surface area contributed by atoms with Crippen LogP contribution in [0.2, 0.25) is 0 Å². The number of nitrogens with one attached hydrogen (secondary N) is 1. The summed E-state index contributed by atoms with van der Waals surface area (Å²) in [5, 5.41) is 3.70. The highest BCUT2D eigenvalue weighted by Crippen LogP contribution is 2.34. The molecule has 0 aliphatic heterocycles. The quantitative estimate of drug-likeness (QED) is 0.541. The average Bonchev–Trinajstić information content (AvgIpc) is 2.65. The molecule has 0 aromatic heterocycles. The van der Waals surface area contributed by atoms with Gasteiger partial charge >= 0.3 is 0 Å². The Bertz CT molecular complexity index is 760. The Morgan fingerprint density at radius 2 is 1.29 bits per heavy atom. The standard InChI is InChI=1S/C23H23N/c1-3-22(19-10-6-4-7-11-19)23(20-12-8-5-9-13-20)24-21-16-14-18(2)15-17-21/h3-17,22-24H,1H2,2H3/t22-,23-/m1/s1. The van der Waals surface area contributed by atoms with Crippen LogP contribution in [0.25, 0.3) is 0 Å². The van der Waals surface area contributed by atoms with Crippen molar-refractivity contribution < 1.29 is 0 Å². The molecule has 0 saturated heterocycles. The van der Waals surface area contributed by atoms with Crippen LogP contribution in [-0.4, -0.2) is 0 Å². The maximum Gasteiger partial charge on any atom is 0.0616 e. The van der Waals surface area contributed by atoms with Gasteiger partial charge in [0.1, 0.15) is 0 Å². The molecule has 24 heavy (non-hydrogen) atoms. The fraction of sp³-hybridized carbons (Fsp3) is 0.130. The highest BCUT2D eigenvalue weighted by atomic mass is 14.9. The molecule has 0 fully saturated rings. The van der Waals surface area contributed by atoms with Crippen LogP contribution in [-0.2, 0) is 0 Å². The van der Waals surface area contributed by atoms with Crippen molar-refractivity contribution in [2.45, 2.75) is 18.9 Å². The fourth-order valence-electron chi connectivity index (χ4n) is 3.01. The second kappa shape index (κ2) is 7.65. The molecule has 0 aliphatic rings. The molecule has 3 rings (SSSR count). The Morgan fingerprint density at radius 3 is 1.83 bits per heavy atom. The lowest BCUT2D eigenvalue weighted by Gasteiger charge is -2.28. The minimum atomic E-state index is 0.133. The van der Waals surface area contributed by atoms with Crippen molar-refractivity contribution in [1.29, 1.82) is 0 Å². The van der Waals surface area contributed by atoms with Gasteiger partial charge in [-0.1, -0.05) is 84.4 Å². The molecular weight excluding hydrogens is 290 g/mol. The normalized spacial score (nSPS) is 13.0. The molecular formula is C23H23N. The Balaban J connectivity index is 1.98. The van der Waals surface area contributed by atoms with E-state index in [9.17, 15) is 0 Å². The first-order valence-corrected chi connectivity index (χ1v) is 8.33. The average molecular weight is 313 g/mol. The van der Waals surface area contributed by atoms with Crippen LogP contribution in [0.5, 0.6) is 0 Å². The Morgan fingerprint density at radius 1 is 0.750 bits per heavy atom. The third kappa shape index (κ3) is 3.75. The second-order valence-electron chi connectivity index (χ2n) is 6.07. The molecule has 1 nitrogen and oxygen atoms in total. The lowest BCUT2D eigenvalue weighted by Crippen LogP contribution is -2.18. The van der Waals surface area contributed by atoms with Gasteiger partial charge in [-0.15, -0.1) is 6.58 Å². The largest absolute Gasteiger partial charge is 0.377 e. The van der Waals surface area contributed by atoms with E-state index in [-0.39, 0.29) is 12.0 Å². The molecule has 0 heterocycles. The van der Waals surface area contributed by atoms with Gasteiger partial charge in [-0.3, -0.25) is 0 Å². The van der Waals surface area contributed by atoms with Crippen molar-refractivity contribution in [2.75, 3.05) is 5.32 Å². The molecule has 3 aromatic carbocycles. The van der Waals surface area contributed by atoms with Crippen LogP contribution in [0.4, 0.5) is 5.69 Å². The van der Waals surface area contributed by atoms with Gasteiger partial charge in [0.25, 0.3) is 0 Å². The molecule has 1 N–H and O–H groups in total. The highest BCUT2D eigenvalue weighted by Gasteiger charge is 2.22. The molecule has 0 amide bonds. The Kier molecular flexibility index (Phi) is 5.12. The first kappa shape index (κ1) is 16.1. The third-order valence-electron chi connectivity index (χ3n) is 4.33. The van der Waals surface area contributed by atoms with E-state index in [2.05, 4.69) is 104 Å². The summed E-state index contributed by atoms with van der Waals surface area (Å²) in [4.78, 5) is 0. The minimum Gasteiger partial charge on any atom is -0.377 e. The summed E-state index contributed by atoms with van der Waals surface area (Å²) in [6, 6.07) is 29.8. The van der Waals surface area contributed by atoms with Crippen LogP contribution in [0.15, 0.2) is 97.6 Å². The Labute approximate surface area is 144 Å². The molecule has 0 unspecified atom stereocenters. The van der Waals surface area contributed by atoms with Crippen molar-refractivity contribution in [3.8, 4) is 0 Å². The van der Waals surface area contributed by atoms with Gasteiger partial charge in [0.2, 0.25) is 0 Å². The summed E-state index contributed by atoms with van der Waals surface area (Å²) in [5.74, 6) is 0.190. The molecule has 3 aromatic rings. The van der Waals surface area contributed by atoms with E-state index in [4.69, 9.17) is 0 Å².